The number of aromatic nitrogens is 4. The van der Waals surface area contributed by atoms with Gasteiger partial charge in [-0.15, -0.1) is 0 Å². The fourth-order valence-corrected chi connectivity index (χ4v) is 2.83. The Hall–Kier alpha value is -1.88. The number of nitrogens with zero attached hydrogens (tertiary/aromatic N) is 3. The SMILES string of the molecule is Cc1ccc2c(c1)[nH]c(=S)n2C(C)Cn1cccn1. The number of fused-ring (bicyclic) bond motifs is 1. The van der Waals surface area contributed by atoms with Crippen LogP contribution >= 0.6 is 12.2 Å². The predicted octanol–water partition coefficient (Wildman–Crippen LogP) is 3.47. The Balaban J connectivity index is 2.04. The van der Waals surface area contributed by atoms with E-state index in [0.29, 0.717) is 0 Å². The van der Waals surface area contributed by atoms with Gasteiger partial charge in [0.2, 0.25) is 0 Å². The molecule has 3 rings (SSSR count). The number of hydrogen-bond acceptors (Lipinski definition) is 2. The summed E-state index contributed by atoms with van der Waals surface area (Å²) in [7, 11) is 0. The van der Waals surface area contributed by atoms with E-state index in [9.17, 15) is 0 Å². The van der Waals surface area contributed by atoms with Crippen molar-refractivity contribution in [1.82, 2.24) is 19.3 Å². The average Bonchev–Trinajstić information content (AvgIpc) is 2.95. The minimum atomic E-state index is 0.254. The predicted molar refractivity (Wildman–Crippen MR) is 78.8 cm³/mol. The zero-order valence-electron chi connectivity index (χ0n) is 11.0. The first kappa shape index (κ1) is 12.2. The smallest absolute Gasteiger partial charge is 0.178 e. The zero-order chi connectivity index (χ0) is 13.4. The van der Waals surface area contributed by atoms with E-state index in [4.69, 9.17) is 12.2 Å². The summed E-state index contributed by atoms with van der Waals surface area (Å²) in [4.78, 5) is 3.28. The summed E-state index contributed by atoms with van der Waals surface area (Å²) in [5, 5.41) is 4.25. The monoisotopic (exact) mass is 272 g/mol. The van der Waals surface area contributed by atoms with Crippen LogP contribution in [0.15, 0.2) is 36.7 Å². The van der Waals surface area contributed by atoms with Crippen LogP contribution < -0.4 is 0 Å². The van der Waals surface area contributed by atoms with Gasteiger partial charge in [0.25, 0.3) is 0 Å². The van der Waals surface area contributed by atoms with Crippen LogP contribution in [0.4, 0.5) is 0 Å². The van der Waals surface area contributed by atoms with Crippen molar-refractivity contribution in [2.24, 2.45) is 0 Å². The molecule has 0 aliphatic heterocycles. The number of nitrogens with one attached hydrogen (secondary N) is 1. The van der Waals surface area contributed by atoms with Gasteiger partial charge in [-0.05, 0) is 49.8 Å². The van der Waals surface area contributed by atoms with Gasteiger partial charge in [0.1, 0.15) is 0 Å². The van der Waals surface area contributed by atoms with E-state index in [0.717, 1.165) is 22.3 Å². The highest BCUT2D eigenvalue weighted by Gasteiger charge is 2.11. The lowest BCUT2D eigenvalue weighted by atomic mass is 10.2. The third-order valence-corrected chi connectivity index (χ3v) is 3.62. The van der Waals surface area contributed by atoms with Gasteiger partial charge in [-0.2, -0.15) is 5.10 Å². The molecule has 0 aliphatic rings. The molecular weight excluding hydrogens is 256 g/mol. The van der Waals surface area contributed by atoms with Crippen LogP contribution in [0.3, 0.4) is 0 Å². The molecule has 3 aromatic rings. The summed E-state index contributed by atoms with van der Waals surface area (Å²) in [5.41, 5.74) is 3.48. The van der Waals surface area contributed by atoms with Crippen molar-refractivity contribution in [3.8, 4) is 0 Å². The molecule has 0 radical (unpaired) electrons. The van der Waals surface area contributed by atoms with Gasteiger partial charge in [-0.3, -0.25) is 4.68 Å². The summed E-state index contributed by atoms with van der Waals surface area (Å²) in [6.45, 7) is 5.05. The third kappa shape index (κ3) is 2.21. The average molecular weight is 272 g/mol. The van der Waals surface area contributed by atoms with E-state index in [1.165, 1.54) is 5.56 Å². The number of benzene rings is 1. The fourth-order valence-electron chi connectivity index (χ4n) is 2.44. The van der Waals surface area contributed by atoms with Gasteiger partial charge in [0.15, 0.2) is 4.77 Å². The van der Waals surface area contributed by atoms with E-state index in [-0.39, 0.29) is 6.04 Å². The lowest BCUT2D eigenvalue weighted by molar-refractivity contribution is 0.442. The molecule has 2 aromatic heterocycles. The highest BCUT2D eigenvalue weighted by atomic mass is 32.1. The van der Waals surface area contributed by atoms with Crippen molar-refractivity contribution < 1.29 is 0 Å². The molecule has 0 aliphatic carbocycles. The maximum Gasteiger partial charge on any atom is 0.178 e. The summed E-state index contributed by atoms with van der Waals surface area (Å²) in [5.74, 6) is 0. The number of H-pyrrole nitrogens is 1. The van der Waals surface area contributed by atoms with Gasteiger partial charge in [-0.1, -0.05) is 6.07 Å². The van der Waals surface area contributed by atoms with E-state index in [2.05, 4.69) is 46.7 Å². The number of aryl methyl sites for hydroxylation is 1. The molecule has 1 atom stereocenters. The molecule has 0 fully saturated rings. The van der Waals surface area contributed by atoms with Gasteiger partial charge >= 0.3 is 0 Å². The van der Waals surface area contributed by atoms with Crippen LogP contribution in [-0.4, -0.2) is 19.3 Å². The molecule has 1 unspecified atom stereocenters. The van der Waals surface area contributed by atoms with Crippen molar-refractivity contribution in [3.63, 3.8) is 0 Å². The summed E-state index contributed by atoms with van der Waals surface area (Å²) in [6.07, 6.45) is 3.77. The topological polar surface area (TPSA) is 38.5 Å². The van der Waals surface area contributed by atoms with E-state index in [1.54, 1.807) is 6.20 Å². The maximum atomic E-state index is 5.45. The fraction of sp³-hybridized carbons (Fsp3) is 0.286. The number of rotatable bonds is 3. The molecule has 0 saturated carbocycles. The Morgan fingerprint density at radius 3 is 3.00 bits per heavy atom. The van der Waals surface area contributed by atoms with Crippen molar-refractivity contribution in [1.29, 1.82) is 0 Å². The second kappa shape index (κ2) is 4.66. The molecule has 5 heteroatoms. The van der Waals surface area contributed by atoms with E-state index < -0.39 is 0 Å². The minimum absolute atomic E-state index is 0.254. The largest absolute Gasteiger partial charge is 0.331 e. The first-order valence-corrected chi connectivity index (χ1v) is 6.74. The van der Waals surface area contributed by atoms with Gasteiger partial charge in [-0.25, -0.2) is 0 Å². The van der Waals surface area contributed by atoms with Crippen molar-refractivity contribution in [2.45, 2.75) is 26.4 Å². The molecule has 98 valence electrons. The van der Waals surface area contributed by atoms with E-state index in [1.807, 2.05) is 16.9 Å². The van der Waals surface area contributed by atoms with Crippen LogP contribution in [-0.2, 0) is 6.54 Å². The second-order valence-electron chi connectivity index (χ2n) is 4.90. The molecule has 1 N–H and O–H groups in total. The Morgan fingerprint density at radius 1 is 1.42 bits per heavy atom. The Kier molecular flexibility index (Phi) is 2.98. The van der Waals surface area contributed by atoms with Crippen molar-refractivity contribution in [3.05, 3.63) is 47.0 Å². The normalized spacial score (nSPS) is 12.9. The molecule has 0 saturated heterocycles. The Labute approximate surface area is 116 Å². The number of aromatic amines is 1. The quantitative estimate of drug-likeness (QED) is 0.741. The van der Waals surface area contributed by atoms with Gasteiger partial charge in [0, 0.05) is 12.4 Å². The number of hydrogen-bond donors (Lipinski definition) is 1. The van der Waals surface area contributed by atoms with Crippen LogP contribution in [0.1, 0.15) is 18.5 Å². The lowest BCUT2D eigenvalue weighted by Gasteiger charge is -2.14. The standard InChI is InChI=1S/C14H16N4S/c1-10-4-5-13-12(8-10)16-14(19)18(13)11(2)9-17-7-3-6-15-17/h3-8,11H,9H2,1-2H3,(H,16,19). The first-order chi connectivity index (χ1) is 9.15. The van der Waals surface area contributed by atoms with Gasteiger partial charge < -0.3 is 9.55 Å². The number of imidazole rings is 1. The Morgan fingerprint density at radius 2 is 2.26 bits per heavy atom. The van der Waals surface area contributed by atoms with E-state index >= 15 is 0 Å². The van der Waals surface area contributed by atoms with Crippen LogP contribution in [0.2, 0.25) is 0 Å². The van der Waals surface area contributed by atoms with Crippen LogP contribution in [0.5, 0.6) is 0 Å². The van der Waals surface area contributed by atoms with Crippen LogP contribution in [0.25, 0.3) is 11.0 Å². The van der Waals surface area contributed by atoms with Gasteiger partial charge in [0.05, 0.1) is 23.6 Å². The highest BCUT2D eigenvalue weighted by molar-refractivity contribution is 7.71. The molecule has 19 heavy (non-hydrogen) atoms. The summed E-state index contributed by atoms with van der Waals surface area (Å²) >= 11 is 5.45. The molecule has 2 heterocycles. The zero-order valence-corrected chi connectivity index (χ0v) is 11.8. The molecule has 0 amide bonds. The summed E-state index contributed by atoms with van der Waals surface area (Å²) in [6, 6.07) is 8.55. The lowest BCUT2D eigenvalue weighted by Crippen LogP contribution is -2.13. The Bertz CT molecular complexity index is 751. The van der Waals surface area contributed by atoms with Crippen molar-refractivity contribution >= 4 is 23.3 Å². The maximum absolute atomic E-state index is 5.45. The first-order valence-electron chi connectivity index (χ1n) is 6.33. The molecular formula is C14H16N4S. The second-order valence-corrected chi connectivity index (χ2v) is 5.28. The molecule has 0 bridgehead atoms. The van der Waals surface area contributed by atoms with Crippen LogP contribution in [0, 0.1) is 11.7 Å². The molecule has 0 spiro atoms. The summed E-state index contributed by atoms with van der Waals surface area (Å²) < 4.78 is 4.85. The minimum Gasteiger partial charge on any atom is -0.331 e. The highest BCUT2D eigenvalue weighted by Crippen LogP contribution is 2.21. The molecule has 1 aromatic carbocycles. The molecule has 4 nitrogen and oxygen atoms in total. The third-order valence-electron chi connectivity index (χ3n) is 3.32. The van der Waals surface area contributed by atoms with Crippen molar-refractivity contribution in [2.75, 3.05) is 0 Å².